The van der Waals surface area contributed by atoms with Gasteiger partial charge in [0.2, 0.25) is 5.91 Å². The molecule has 3 heterocycles. The Balaban J connectivity index is 1.44. The summed E-state index contributed by atoms with van der Waals surface area (Å²) in [7, 11) is 1.93. The Hall–Kier alpha value is -3.41. The predicted octanol–water partition coefficient (Wildman–Crippen LogP) is 4.67. The number of hydrogen-bond donors (Lipinski definition) is 0. The van der Waals surface area contributed by atoms with Gasteiger partial charge in [0.1, 0.15) is 11.6 Å². The Morgan fingerprint density at radius 1 is 1.10 bits per heavy atom. The van der Waals surface area contributed by atoms with Crippen molar-refractivity contribution in [2.24, 2.45) is 23.4 Å². The minimum Gasteiger partial charge on any atom is -0.425 e. The zero-order valence-electron chi connectivity index (χ0n) is 16.7. The molecular weight excluding hydrogens is 364 g/mol. The number of amides is 1. The number of benzene rings is 2. The van der Waals surface area contributed by atoms with Gasteiger partial charge in [0.15, 0.2) is 0 Å². The SMILES string of the molecule is Cn1c(Oc2ccc(N3C(=O)C(C)(C)C4CC=CN=C43)cc2)nc2ccccc21. The van der Waals surface area contributed by atoms with Crippen LogP contribution in [0.3, 0.4) is 0 Å². The summed E-state index contributed by atoms with van der Waals surface area (Å²) in [5, 5.41) is 0. The Bertz CT molecular complexity index is 1170. The van der Waals surface area contributed by atoms with Crippen LogP contribution in [0.5, 0.6) is 11.8 Å². The van der Waals surface area contributed by atoms with Crippen LogP contribution < -0.4 is 9.64 Å². The van der Waals surface area contributed by atoms with Gasteiger partial charge in [0.25, 0.3) is 0 Å². The van der Waals surface area contributed by atoms with Gasteiger partial charge in [0.05, 0.1) is 22.1 Å². The van der Waals surface area contributed by atoms with Crippen molar-refractivity contribution in [1.82, 2.24) is 9.55 Å². The number of amidine groups is 1. The zero-order valence-corrected chi connectivity index (χ0v) is 16.7. The number of carbonyl (C=O) groups excluding carboxylic acids is 1. The molecule has 146 valence electrons. The normalized spacial score (nSPS) is 20.1. The van der Waals surface area contributed by atoms with Crippen molar-refractivity contribution in [3.63, 3.8) is 0 Å². The highest BCUT2D eigenvalue weighted by Crippen LogP contribution is 2.44. The first-order valence-corrected chi connectivity index (χ1v) is 9.73. The van der Waals surface area contributed by atoms with Crippen molar-refractivity contribution < 1.29 is 9.53 Å². The van der Waals surface area contributed by atoms with E-state index in [0.29, 0.717) is 11.8 Å². The summed E-state index contributed by atoms with van der Waals surface area (Å²) in [6, 6.07) is 16.0. The molecule has 1 saturated heterocycles. The van der Waals surface area contributed by atoms with E-state index in [-0.39, 0.29) is 11.8 Å². The molecule has 1 amide bonds. The molecule has 3 aromatic rings. The lowest BCUT2D eigenvalue weighted by atomic mass is 9.78. The minimum absolute atomic E-state index is 0.0777. The van der Waals surface area contributed by atoms with Crippen molar-refractivity contribution in [2.75, 3.05) is 4.90 Å². The van der Waals surface area contributed by atoms with E-state index in [1.807, 2.05) is 80.1 Å². The van der Waals surface area contributed by atoms with E-state index in [9.17, 15) is 4.79 Å². The molecule has 0 spiro atoms. The second kappa shape index (κ2) is 6.30. The molecule has 0 saturated carbocycles. The molecule has 2 aliphatic rings. The number of aromatic nitrogens is 2. The molecule has 0 radical (unpaired) electrons. The third-order valence-electron chi connectivity index (χ3n) is 5.90. The number of hydrogen-bond acceptors (Lipinski definition) is 4. The second-order valence-corrected chi connectivity index (χ2v) is 8.06. The average molecular weight is 386 g/mol. The summed E-state index contributed by atoms with van der Waals surface area (Å²) >= 11 is 0. The molecule has 6 heteroatoms. The number of allylic oxidation sites excluding steroid dienone is 1. The summed E-state index contributed by atoms with van der Waals surface area (Å²) in [5.41, 5.74) is 2.24. The third-order valence-corrected chi connectivity index (χ3v) is 5.90. The maximum Gasteiger partial charge on any atom is 0.302 e. The molecule has 1 unspecified atom stereocenters. The van der Waals surface area contributed by atoms with Crippen molar-refractivity contribution in [3.05, 3.63) is 60.8 Å². The van der Waals surface area contributed by atoms with Crippen LogP contribution in [0.25, 0.3) is 11.0 Å². The van der Waals surface area contributed by atoms with Crippen molar-refractivity contribution in [3.8, 4) is 11.8 Å². The van der Waals surface area contributed by atoms with E-state index >= 15 is 0 Å². The number of carbonyl (C=O) groups is 1. The Labute approximate surface area is 169 Å². The summed E-state index contributed by atoms with van der Waals surface area (Å²) in [5.74, 6) is 1.68. The summed E-state index contributed by atoms with van der Waals surface area (Å²) in [6.07, 6.45) is 4.65. The molecule has 1 fully saturated rings. The van der Waals surface area contributed by atoms with Gasteiger partial charge in [0, 0.05) is 19.2 Å². The van der Waals surface area contributed by atoms with Gasteiger partial charge in [-0.3, -0.25) is 14.3 Å². The van der Waals surface area contributed by atoms with Crippen LogP contribution in [0, 0.1) is 11.3 Å². The van der Waals surface area contributed by atoms with E-state index in [1.165, 1.54) is 0 Å². The van der Waals surface area contributed by atoms with Crippen molar-refractivity contribution >= 4 is 28.5 Å². The highest BCUT2D eigenvalue weighted by atomic mass is 16.5. The lowest BCUT2D eigenvalue weighted by Gasteiger charge is -2.22. The van der Waals surface area contributed by atoms with Crippen LogP contribution in [-0.4, -0.2) is 21.3 Å². The number of anilines is 1. The molecule has 2 aliphatic heterocycles. The van der Waals surface area contributed by atoms with E-state index in [2.05, 4.69) is 9.98 Å². The van der Waals surface area contributed by atoms with Crippen LogP contribution in [0.2, 0.25) is 0 Å². The summed E-state index contributed by atoms with van der Waals surface area (Å²) < 4.78 is 7.91. The number of rotatable bonds is 3. The van der Waals surface area contributed by atoms with E-state index in [1.54, 1.807) is 11.1 Å². The molecule has 1 atom stereocenters. The monoisotopic (exact) mass is 386 g/mol. The molecule has 5 rings (SSSR count). The predicted molar refractivity (Wildman–Crippen MR) is 113 cm³/mol. The van der Waals surface area contributed by atoms with Gasteiger partial charge in [-0.25, -0.2) is 4.99 Å². The maximum absolute atomic E-state index is 13.1. The van der Waals surface area contributed by atoms with E-state index < -0.39 is 5.41 Å². The second-order valence-electron chi connectivity index (χ2n) is 8.06. The van der Waals surface area contributed by atoms with Crippen LogP contribution in [0.15, 0.2) is 65.8 Å². The van der Waals surface area contributed by atoms with Crippen molar-refractivity contribution in [1.29, 1.82) is 0 Å². The van der Waals surface area contributed by atoms with Crippen LogP contribution in [-0.2, 0) is 11.8 Å². The standard InChI is InChI=1S/C23H22N4O2/c1-23(2)17-7-6-14-24-20(17)27(21(23)28)15-10-12-16(13-11-15)29-22-25-18-8-4-5-9-19(18)26(22)3/h4-6,8-14,17H,7H2,1-3H3. The number of aryl methyl sites for hydroxylation is 1. The van der Waals surface area contributed by atoms with Gasteiger partial charge in [-0.05, 0) is 42.8 Å². The van der Waals surface area contributed by atoms with Crippen molar-refractivity contribution in [2.45, 2.75) is 20.3 Å². The highest BCUT2D eigenvalue weighted by Gasteiger charge is 2.52. The van der Waals surface area contributed by atoms with E-state index in [4.69, 9.17) is 4.74 Å². The van der Waals surface area contributed by atoms with Crippen LogP contribution >= 0.6 is 0 Å². The fourth-order valence-electron chi connectivity index (χ4n) is 4.13. The topological polar surface area (TPSA) is 59.7 Å². The molecular formula is C23H22N4O2. The zero-order chi connectivity index (χ0) is 20.2. The maximum atomic E-state index is 13.1. The number of imidazole rings is 1. The van der Waals surface area contributed by atoms with Crippen LogP contribution in [0.4, 0.5) is 5.69 Å². The van der Waals surface area contributed by atoms with Crippen LogP contribution in [0.1, 0.15) is 20.3 Å². The fourth-order valence-corrected chi connectivity index (χ4v) is 4.13. The van der Waals surface area contributed by atoms with E-state index in [0.717, 1.165) is 29.0 Å². The first-order valence-electron chi connectivity index (χ1n) is 9.73. The van der Waals surface area contributed by atoms with Gasteiger partial charge in [-0.15, -0.1) is 0 Å². The molecule has 0 aliphatic carbocycles. The smallest absolute Gasteiger partial charge is 0.302 e. The molecule has 0 bridgehead atoms. The molecule has 0 N–H and O–H groups in total. The summed E-state index contributed by atoms with van der Waals surface area (Å²) in [6.45, 7) is 4.00. The molecule has 6 nitrogen and oxygen atoms in total. The Morgan fingerprint density at radius 2 is 1.86 bits per heavy atom. The van der Waals surface area contributed by atoms with Gasteiger partial charge < -0.3 is 4.74 Å². The van der Waals surface area contributed by atoms with Gasteiger partial charge >= 0.3 is 6.01 Å². The highest BCUT2D eigenvalue weighted by molar-refractivity contribution is 6.25. The lowest BCUT2D eigenvalue weighted by molar-refractivity contribution is -0.125. The molecule has 1 aromatic heterocycles. The largest absolute Gasteiger partial charge is 0.425 e. The number of aliphatic imine (C=N–C) groups is 1. The Morgan fingerprint density at radius 3 is 2.62 bits per heavy atom. The number of fused-ring (bicyclic) bond motifs is 2. The Kier molecular flexibility index (Phi) is 3.84. The fraction of sp³-hybridized carbons (Fsp3) is 0.261. The lowest BCUT2D eigenvalue weighted by Crippen LogP contribution is -2.32. The number of ether oxygens (including phenoxy) is 1. The summed E-state index contributed by atoms with van der Waals surface area (Å²) in [4.78, 5) is 23.9. The number of nitrogens with zero attached hydrogens (tertiary/aromatic N) is 4. The number of para-hydroxylation sites is 2. The quantitative estimate of drug-likeness (QED) is 0.657. The minimum atomic E-state index is -0.466. The molecule has 2 aromatic carbocycles. The average Bonchev–Trinajstić information content (AvgIpc) is 3.15. The first-order chi connectivity index (χ1) is 14.0. The third kappa shape index (κ3) is 2.67. The van der Waals surface area contributed by atoms with Gasteiger partial charge in [-0.2, -0.15) is 4.98 Å². The van der Waals surface area contributed by atoms with Gasteiger partial charge in [-0.1, -0.05) is 32.1 Å². The molecule has 29 heavy (non-hydrogen) atoms. The first kappa shape index (κ1) is 17.7.